The molecule has 3 heterocycles. The van der Waals surface area contributed by atoms with Crippen LogP contribution in [0.15, 0.2) is 34.9 Å². The number of nitrogens with zero attached hydrogens (tertiary/aromatic N) is 2. The van der Waals surface area contributed by atoms with Crippen molar-refractivity contribution >= 4 is 28.4 Å². The van der Waals surface area contributed by atoms with Gasteiger partial charge in [-0.05, 0) is 74.3 Å². The van der Waals surface area contributed by atoms with E-state index < -0.39 is 0 Å². The molecule has 4 rings (SSSR count). The summed E-state index contributed by atoms with van der Waals surface area (Å²) in [4.78, 5) is 10.6. The maximum Gasteiger partial charge on any atom is 0.169 e. The van der Waals surface area contributed by atoms with E-state index in [4.69, 9.17) is 21.6 Å². The molecule has 6 heteroatoms. The number of rotatable bonds is 3. The fraction of sp³-hybridized carbons (Fsp3) is 0.400. The fourth-order valence-electron chi connectivity index (χ4n) is 3.53. The highest BCUT2D eigenvalue weighted by Gasteiger charge is 2.24. The van der Waals surface area contributed by atoms with Gasteiger partial charge in [0.25, 0.3) is 0 Å². The number of hydrogen-bond donors (Lipinski definition) is 2. The summed E-state index contributed by atoms with van der Waals surface area (Å²) in [6.45, 7) is 6.81. The summed E-state index contributed by atoms with van der Waals surface area (Å²) in [6, 6.07) is 8.21. The number of hydrogen-bond acceptors (Lipinski definition) is 3. The van der Waals surface area contributed by atoms with Crippen LogP contribution in [0.25, 0.3) is 11.0 Å². The highest BCUT2D eigenvalue weighted by molar-refractivity contribution is 7.80. The van der Waals surface area contributed by atoms with Crippen molar-refractivity contribution < 1.29 is 4.42 Å². The van der Waals surface area contributed by atoms with Crippen LogP contribution in [0.4, 0.5) is 0 Å². The van der Waals surface area contributed by atoms with Crippen LogP contribution in [0, 0.1) is 13.8 Å². The molecule has 26 heavy (non-hydrogen) atoms. The molecule has 1 fully saturated rings. The number of imidazole rings is 1. The second kappa shape index (κ2) is 7.11. The Balaban J connectivity index is 1.36. The van der Waals surface area contributed by atoms with Gasteiger partial charge >= 0.3 is 0 Å². The minimum absolute atomic E-state index is 0.465. The number of likely N-dealkylation sites (tertiary alicyclic amines) is 1. The molecule has 0 bridgehead atoms. The molecular weight excluding hydrogens is 344 g/mol. The number of aromatic amines is 1. The maximum absolute atomic E-state index is 5.53. The summed E-state index contributed by atoms with van der Waals surface area (Å²) in [5.41, 5.74) is 4.80. The van der Waals surface area contributed by atoms with E-state index in [1.807, 2.05) is 12.1 Å². The molecule has 1 aliphatic heterocycles. The first kappa shape index (κ1) is 17.1. The lowest BCUT2D eigenvalue weighted by Gasteiger charge is -2.33. The third-order valence-electron chi connectivity index (χ3n) is 5.28. The van der Waals surface area contributed by atoms with Gasteiger partial charge in [0, 0.05) is 19.0 Å². The predicted octanol–water partition coefficient (Wildman–Crippen LogP) is 4.03. The van der Waals surface area contributed by atoms with Gasteiger partial charge in [0.2, 0.25) is 0 Å². The molecule has 1 aromatic carbocycles. The van der Waals surface area contributed by atoms with Crippen LogP contribution in [0.1, 0.15) is 41.5 Å². The van der Waals surface area contributed by atoms with Crippen LogP contribution in [0.3, 0.4) is 0 Å². The molecule has 0 aliphatic carbocycles. The van der Waals surface area contributed by atoms with Gasteiger partial charge in [-0.1, -0.05) is 0 Å². The van der Waals surface area contributed by atoms with E-state index in [9.17, 15) is 0 Å². The molecule has 1 saturated heterocycles. The quantitative estimate of drug-likeness (QED) is 0.684. The van der Waals surface area contributed by atoms with Crippen molar-refractivity contribution in [2.24, 2.45) is 0 Å². The SMILES string of the molecule is Cc1cc2nc(C3CCN(C(=S)NCc4ccco4)CC3)[nH]c2cc1C. The molecule has 0 amide bonds. The van der Waals surface area contributed by atoms with Gasteiger partial charge < -0.3 is 19.6 Å². The molecule has 5 nitrogen and oxygen atoms in total. The Morgan fingerprint density at radius 1 is 1.31 bits per heavy atom. The van der Waals surface area contributed by atoms with Crippen molar-refractivity contribution in [1.29, 1.82) is 0 Å². The van der Waals surface area contributed by atoms with Crippen LogP contribution in [-0.4, -0.2) is 33.1 Å². The Kier molecular flexibility index (Phi) is 4.68. The Labute approximate surface area is 158 Å². The topological polar surface area (TPSA) is 57.1 Å². The largest absolute Gasteiger partial charge is 0.467 e. The second-order valence-electron chi connectivity index (χ2n) is 7.08. The number of piperidine rings is 1. The number of aryl methyl sites for hydroxylation is 2. The smallest absolute Gasteiger partial charge is 0.169 e. The molecule has 0 atom stereocenters. The highest BCUT2D eigenvalue weighted by atomic mass is 32.1. The van der Waals surface area contributed by atoms with Crippen LogP contribution >= 0.6 is 12.2 Å². The van der Waals surface area contributed by atoms with E-state index in [-0.39, 0.29) is 0 Å². The summed E-state index contributed by atoms with van der Waals surface area (Å²) in [6.07, 6.45) is 3.79. The summed E-state index contributed by atoms with van der Waals surface area (Å²) >= 11 is 5.53. The number of furan rings is 1. The molecule has 136 valence electrons. The average molecular weight is 369 g/mol. The summed E-state index contributed by atoms with van der Waals surface area (Å²) < 4.78 is 5.34. The third-order valence-corrected chi connectivity index (χ3v) is 5.68. The monoisotopic (exact) mass is 368 g/mol. The van der Waals surface area contributed by atoms with E-state index in [0.717, 1.165) is 53.7 Å². The lowest BCUT2D eigenvalue weighted by atomic mass is 9.96. The fourth-order valence-corrected chi connectivity index (χ4v) is 3.78. The Bertz CT molecular complexity index is 868. The highest BCUT2D eigenvalue weighted by Crippen LogP contribution is 2.28. The molecule has 0 saturated carbocycles. The van der Waals surface area contributed by atoms with Gasteiger partial charge in [0.15, 0.2) is 5.11 Å². The summed E-state index contributed by atoms with van der Waals surface area (Å²) in [7, 11) is 0. The van der Waals surface area contributed by atoms with Crippen molar-refractivity contribution in [3.8, 4) is 0 Å². The number of benzene rings is 1. The molecule has 3 aromatic rings. The Hall–Kier alpha value is -2.34. The van der Waals surface area contributed by atoms with Crippen molar-refractivity contribution in [1.82, 2.24) is 20.2 Å². The van der Waals surface area contributed by atoms with Crippen molar-refractivity contribution in [3.63, 3.8) is 0 Å². The first-order valence-electron chi connectivity index (χ1n) is 9.12. The maximum atomic E-state index is 5.53. The number of H-pyrrole nitrogens is 1. The minimum Gasteiger partial charge on any atom is -0.467 e. The van der Waals surface area contributed by atoms with E-state index in [1.54, 1.807) is 6.26 Å². The lowest BCUT2D eigenvalue weighted by Crippen LogP contribution is -2.43. The normalized spacial score (nSPS) is 15.5. The van der Waals surface area contributed by atoms with Crippen molar-refractivity contribution in [2.75, 3.05) is 13.1 Å². The van der Waals surface area contributed by atoms with Gasteiger partial charge in [-0.2, -0.15) is 0 Å². The number of aromatic nitrogens is 2. The molecular formula is C20H24N4OS. The third kappa shape index (κ3) is 3.46. The molecule has 2 N–H and O–H groups in total. The van der Waals surface area contributed by atoms with Crippen molar-refractivity contribution in [2.45, 2.75) is 39.2 Å². The Morgan fingerprint density at radius 3 is 2.81 bits per heavy atom. The molecule has 1 aliphatic rings. The van der Waals surface area contributed by atoms with E-state index in [2.05, 4.69) is 41.2 Å². The number of nitrogens with one attached hydrogen (secondary N) is 2. The van der Waals surface area contributed by atoms with Gasteiger partial charge in [-0.3, -0.25) is 0 Å². The molecule has 2 aromatic heterocycles. The number of fused-ring (bicyclic) bond motifs is 1. The first-order chi connectivity index (χ1) is 12.6. The minimum atomic E-state index is 0.465. The predicted molar refractivity (Wildman–Crippen MR) is 107 cm³/mol. The van der Waals surface area contributed by atoms with E-state index in [0.29, 0.717) is 12.5 Å². The van der Waals surface area contributed by atoms with Gasteiger partial charge in [0.1, 0.15) is 11.6 Å². The Morgan fingerprint density at radius 2 is 2.08 bits per heavy atom. The molecule has 0 unspecified atom stereocenters. The van der Waals surface area contributed by atoms with Crippen LogP contribution in [0.2, 0.25) is 0 Å². The zero-order chi connectivity index (χ0) is 18.1. The van der Waals surface area contributed by atoms with E-state index >= 15 is 0 Å². The van der Waals surface area contributed by atoms with Crippen LogP contribution in [0.5, 0.6) is 0 Å². The van der Waals surface area contributed by atoms with E-state index in [1.165, 1.54) is 11.1 Å². The van der Waals surface area contributed by atoms with Crippen molar-refractivity contribution in [3.05, 3.63) is 53.2 Å². The van der Waals surface area contributed by atoms with Gasteiger partial charge in [-0.25, -0.2) is 4.98 Å². The van der Waals surface area contributed by atoms with Gasteiger partial charge in [0.05, 0.1) is 23.8 Å². The van der Waals surface area contributed by atoms with Crippen LogP contribution < -0.4 is 5.32 Å². The zero-order valence-corrected chi connectivity index (χ0v) is 16.0. The number of thiocarbonyl (C=S) groups is 1. The second-order valence-corrected chi connectivity index (χ2v) is 7.46. The summed E-state index contributed by atoms with van der Waals surface area (Å²) in [5, 5.41) is 4.09. The average Bonchev–Trinajstić information content (AvgIpc) is 3.30. The van der Waals surface area contributed by atoms with Gasteiger partial charge in [-0.15, -0.1) is 0 Å². The lowest BCUT2D eigenvalue weighted by molar-refractivity contribution is 0.303. The molecule has 0 radical (unpaired) electrons. The van der Waals surface area contributed by atoms with Crippen LogP contribution in [-0.2, 0) is 6.54 Å². The molecule has 0 spiro atoms. The first-order valence-corrected chi connectivity index (χ1v) is 9.53. The zero-order valence-electron chi connectivity index (χ0n) is 15.2. The summed E-state index contributed by atoms with van der Waals surface area (Å²) in [5.74, 6) is 2.47. The standard InChI is InChI=1S/C20H24N4OS/c1-13-10-17-18(11-14(13)2)23-19(22-17)15-5-7-24(8-6-15)20(26)21-12-16-4-3-9-25-16/h3-4,9-11,15H,5-8,12H2,1-2H3,(H,21,26)(H,22,23).